The van der Waals surface area contributed by atoms with Crippen molar-refractivity contribution in [2.45, 2.75) is 33.9 Å². The summed E-state index contributed by atoms with van der Waals surface area (Å²) in [5.41, 5.74) is 6.26. The third-order valence-corrected chi connectivity index (χ3v) is 4.59. The van der Waals surface area contributed by atoms with Gasteiger partial charge in [0.15, 0.2) is 0 Å². The fraction of sp³-hybridized carbons (Fsp3) is 0.286. The van der Waals surface area contributed by atoms with Crippen molar-refractivity contribution >= 4 is 16.8 Å². The highest BCUT2D eigenvalue weighted by Crippen LogP contribution is 2.22. The zero-order valence-electron chi connectivity index (χ0n) is 15.0. The zero-order chi connectivity index (χ0) is 17.8. The van der Waals surface area contributed by atoms with Crippen LogP contribution in [-0.2, 0) is 17.9 Å². The lowest BCUT2D eigenvalue weighted by molar-refractivity contribution is 0.0950. The molecule has 2 aromatic carbocycles. The molecule has 0 aliphatic rings. The van der Waals surface area contributed by atoms with Gasteiger partial charge in [-0.3, -0.25) is 4.79 Å². The normalized spacial score (nSPS) is 11.0. The topological polar surface area (TPSA) is 54.1 Å². The van der Waals surface area contributed by atoms with Crippen LogP contribution in [0.1, 0.15) is 39.7 Å². The number of aromatic nitrogens is 1. The van der Waals surface area contributed by atoms with E-state index in [9.17, 15) is 4.79 Å². The van der Waals surface area contributed by atoms with Crippen molar-refractivity contribution in [1.82, 2.24) is 10.3 Å². The lowest BCUT2D eigenvalue weighted by atomic mass is 10.1. The molecular formula is C21H24N2O2. The van der Waals surface area contributed by atoms with Crippen LogP contribution in [0.4, 0.5) is 0 Å². The number of carbonyl (C=O) groups is 1. The average molecular weight is 336 g/mol. The summed E-state index contributed by atoms with van der Waals surface area (Å²) in [7, 11) is 0. The smallest absolute Gasteiger partial charge is 0.251 e. The molecule has 0 saturated heterocycles. The van der Waals surface area contributed by atoms with E-state index < -0.39 is 0 Å². The van der Waals surface area contributed by atoms with E-state index in [0.717, 1.165) is 27.7 Å². The molecule has 25 heavy (non-hydrogen) atoms. The Morgan fingerprint density at radius 3 is 2.64 bits per heavy atom. The van der Waals surface area contributed by atoms with Gasteiger partial charge in [-0.2, -0.15) is 0 Å². The van der Waals surface area contributed by atoms with Gasteiger partial charge >= 0.3 is 0 Å². The van der Waals surface area contributed by atoms with Crippen molar-refractivity contribution in [2.75, 3.05) is 6.61 Å². The molecule has 4 nitrogen and oxygen atoms in total. The van der Waals surface area contributed by atoms with Crippen molar-refractivity contribution in [3.63, 3.8) is 0 Å². The molecule has 130 valence electrons. The maximum absolute atomic E-state index is 12.6. The number of hydrogen-bond acceptors (Lipinski definition) is 2. The van der Waals surface area contributed by atoms with Crippen molar-refractivity contribution in [3.05, 3.63) is 70.4 Å². The summed E-state index contributed by atoms with van der Waals surface area (Å²) in [4.78, 5) is 15.9. The molecule has 1 aromatic heterocycles. The molecule has 4 heteroatoms. The highest BCUT2D eigenvalue weighted by atomic mass is 16.5. The molecule has 0 spiro atoms. The fourth-order valence-corrected chi connectivity index (χ4v) is 2.96. The van der Waals surface area contributed by atoms with Crippen LogP contribution in [0.2, 0.25) is 0 Å². The van der Waals surface area contributed by atoms with Crippen molar-refractivity contribution < 1.29 is 9.53 Å². The van der Waals surface area contributed by atoms with E-state index in [1.165, 1.54) is 5.56 Å². The van der Waals surface area contributed by atoms with Crippen molar-refractivity contribution in [3.8, 4) is 0 Å². The monoisotopic (exact) mass is 336 g/mol. The Morgan fingerprint density at radius 1 is 1.12 bits per heavy atom. The first-order valence-corrected chi connectivity index (χ1v) is 8.61. The molecule has 3 aromatic rings. The molecule has 0 aliphatic heterocycles. The molecule has 0 aliphatic carbocycles. The number of H-pyrrole nitrogens is 1. The third-order valence-electron chi connectivity index (χ3n) is 4.59. The highest BCUT2D eigenvalue weighted by Gasteiger charge is 2.10. The summed E-state index contributed by atoms with van der Waals surface area (Å²) in [6.45, 7) is 7.83. The molecule has 2 N–H and O–H groups in total. The van der Waals surface area contributed by atoms with Gasteiger partial charge in [-0.15, -0.1) is 0 Å². The van der Waals surface area contributed by atoms with Crippen LogP contribution in [0.25, 0.3) is 10.9 Å². The quantitative estimate of drug-likeness (QED) is 0.707. The summed E-state index contributed by atoms with van der Waals surface area (Å²) in [6.07, 6.45) is 0. The minimum atomic E-state index is -0.0635. The van der Waals surface area contributed by atoms with E-state index in [1.54, 1.807) is 0 Å². The van der Waals surface area contributed by atoms with Crippen LogP contribution in [0.5, 0.6) is 0 Å². The Bertz CT molecular complexity index is 896. The third kappa shape index (κ3) is 3.74. The summed E-state index contributed by atoms with van der Waals surface area (Å²) < 4.78 is 5.50. The summed E-state index contributed by atoms with van der Waals surface area (Å²) >= 11 is 0. The second-order valence-electron chi connectivity index (χ2n) is 6.22. The minimum absolute atomic E-state index is 0.0635. The highest BCUT2D eigenvalue weighted by molar-refractivity contribution is 5.99. The fourth-order valence-electron chi connectivity index (χ4n) is 2.96. The maximum Gasteiger partial charge on any atom is 0.251 e. The zero-order valence-corrected chi connectivity index (χ0v) is 15.0. The van der Waals surface area contributed by atoms with Gasteiger partial charge in [0.2, 0.25) is 0 Å². The van der Waals surface area contributed by atoms with Gasteiger partial charge in [-0.25, -0.2) is 0 Å². The van der Waals surface area contributed by atoms with E-state index >= 15 is 0 Å². The number of ether oxygens (including phenoxy) is 1. The van der Waals surface area contributed by atoms with Crippen LogP contribution in [0.15, 0.2) is 42.5 Å². The van der Waals surface area contributed by atoms with Crippen molar-refractivity contribution in [2.24, 2.45) is 0 Å². The average Bonchev–Trinajstić information content (AvgIpc) is 2.92. The Kier molecular flexibility index (Phi) is 5.19. The number of benzene rings is 2. The molecule has 3 rings (SSSR count). The predicted octanol–water partition coefficient (Wildman–Crippen LogP) is 4.25. The summed E-state index contributed by atoms with van der Waals surface area (Å²) in [6, 6.07) is 13.8. The minimum Gasteiger partial charge on any atom is -0.377 e. The number of aryl methyl sites for hydroxylation is 2. The number of hydrogen-bond donors (Lipinski definition) is 2. The standard InChI is InChI=1S/C21H24N2O2/c1-4-25-13-18-8-6-5-7-17(18)12-22-21(24)16-9-10-20-19(11-16)14(2)15(3)23-20/h5-11,23H,4,12-13H2,1-3H3,(H,22,24). The number of amides is 1. The maximum atomic E-state index is 12.6. The first-order valence-electron chi connectivity index (χ1n) is 8.61. The van der Waals surface area contributed by atoms with E-state index in [1.807, 2.05) is 56.3 Å². The van der Waals surface area contributed by atoms with E-state index in [2.05, 4.69) is 17.2 Å². The van der Waals surface area contributed by atoms with Gasteiger partial charge < -0.3 is 15.0 Å². The van der Waals surface area contributed by atoms with E-state index in [0.29, 0.717) is 25.3 Å². The lowest BCUT2D eigenvalue weighted by Crippen LogP contribution is -2.23. The Labute approximate surface area is 148 Å². The number of nitrogens with one attached hydrogen (secondary N) is 2. The second kappa shape index (κ2) is 7.53. The van der Waals surface area contributed by atoms with Gasteiger partial charge in [-0.05, 0) is 55.7 Å². The summed E-state index contributed by atoms with van der Waals surface area (Å²) in [5, 5.41) is 4.12. The van der Waals surface area contributed by atoms with E-state index in [-0.39, 0.29) is 5.91 Å². The molecule has 0 unspecified atom stereocenters. The van der Waals surface area contributed by atoms with Crippen LogP contribution in [0, 0.1) is 13.8 Å². The number of fused-ring (bicyclic) bond motifs is 1. The van der Waals surface area contributed by atoms with Gasteiger partial charge in [0.1, 0.15) is 0 Å². The molecule has 0 fully saturated rings. The largest absolute Gasteiger partial charge is 0.377 e. The molecule has 0 saturated carbocycles. The molecular weight excluding hydrogens is 312 g/mol. The second-order valence-corrected chi connectivity index (χ2v) is 6.22. The molecule has 0 atom stereocenters. The molecule has 0 bridgehead atoms. The lowest BCUT2D eigenvalue weighted by Gasteiger charge is -2.11. The number of rotatable bonds is 6. The van der Waals surface area contributed by atoms with Gasteiger partial charge in [-0.1, -0.05) is 24.3 Å². The Morgan fingerprint density at radius 2 is 1.88 bits per heavy atom. The Hall–Kier alpha value is -2.59. The van der Waals surface area contributed by atoms with Crippen LogP contribution < -0.4 is 5.32 Å². The number of aromatic amines is 1. The van der Waals surface area contributed by atoms with Gasteiger partial charge in [0.25, 0.3) is 5.91 Å². The predicted molar refractivity (Wildman–Crippen MR) is 101 cm³/mol. The first kappa shape index (κ1) is 17.2. The van der Waals surface area contributed by atoms with Gasteiger partial charge in [0.05, 0.1) is 6.61 Å². The van der Waals surface area contributed by atoms with Crippen LogP contribution >= 0.6 is 0 Å². The van der Waals surface area contributed by atoms with Crippen LogP contribution in [0.3, 0.4) is 0 Å². The van der Waals surface area contributed by atoms with Crippen molar-refractivity contribution in [1.29, 1.82) is 0 Å². The van der Waals surface area contributed by atoms with Crippen LogP contribution in [-0.4, -0.2) is 17.5 Å². The first-order chi connectivity index (χ1) is 12.1. The molecule has 0 radical (unpaired) electrons. The number of carbonyl (C=O) groups excluding carboxylic acids is 1. The Balaban J connectivity index is 1.74. The van der Waals surface area contributed by atoms with Gasteiger partial charge in [0, 0.05) is 35.3 Å². The van der Waals surface area contributed by atoms with E-state index in [4.69, 9.17) is 4.74 Å². The molecule has 1 heterocycles. The summed E-state index contributed by atoms with van der Waals surface area (Å²) in [5.74, 6) is -0.0635. The SMILES string of the molecule is CCOCc1ccccc1CNC(=O)c1ccc2[nH]c(C)c(C)c2c1. The molecule has 1 amide bonds.